The monoisotopic (exact) mass is 243 g/mol. The Bertz CT molecular complexity index is 657. The average molecular weight is 243 g/mol. The van der Waals surface area contributed by atoms with Crippen molar-refractivity contribution in [1.29, 1.82) is 0 Å². The van der Waals surface area contributed by atoms with Gasteiger partial charge in [0.25, 0.3) is 11.5 Å². The molecule has 1 aromatic carbocycles. The molecule has 2 aromatic rings. The van der Waals surface area contributed by atoms with E-state index in [-0.39, 0.29) is 11.3 Å². The standard InChI is InChI=1S/C13H13N3O2/c1-8-3-5-10(6-4-8)16-11(17)7-9(2)12(15-16)13(14)18/h3-7H,1-2H3,(H2,14,18). The summed E-state index contributed by atoms with van der Waals surface area (Å²) in [5, 5.41) is 4.00. The lowest BCUT2D eigenvalue weighted by Gasteiger charge is -2.07. The molecule has 2 N–H and O–H groups in total. The van der Waals surface area contributed by atoms with Crippen LogP contribution in [0.4, 0.5) is 0 Å². The van der Waals surface area contributed by atoms with E-state index in [9.17, 15) is 9.59 Å². The van der Waals surface area contributed by atoms with Crippen molar-refractivity contribution in [2.45, 2.75) is 13.8 Å². The van der Waals surface area contributed by atoms with Crippen LogP contribution in [0.5, 0.6) is 0 Å². The van der Waals surface area contributed by atoms with Crippen LogP contribution >= 0.6 is 0 Å². The van der Waals surface area contributed by atoms with Crippen LogP contribution in [0.3, 0.4) is 0 Å². The first-order chi connectivity index (χ1) is 8.49. The largest absolute Gasteiger partial charge is 0.364 e. The second-order valence-electron chi connectivity index (χ2n) is 4.13. The molecule has 1 amide bonds. The summed E-state index contributed by atoms with van der Waals surface area (Å²) >= 11 is 0. The number of nitrogens with two attached hydrogens (primary N) is 1. The minimum Gasteiger partial charge on any atom is -0.364 e. The highest BCUT2D eigenvalue weighted by atomic mass is 16.1. The predicted octanol–water partition coefficient (Wildman–Crippen LogP) is 0.948. The van der Waals surface area contributed by atoms with Crippen molar-refractivity contribution in [3.8, 4) is 5.69 Å². The number of hydrogen-bond donors (Lipinski definition) is 1. The van der Waals surface area contributed by atoms with Gasteiger partial charge in [-0.05, 0) is 31.5 Å². The Morgan fingerprint density at radius 2 is 1.83 bits per heavy atom. The number of aromatic nitrogens is 2. The summed E-state index contributed by atoms with van der Waals surface area (Å²) in [7, 11) is 0. The third kappa shape index (κ3) is 2.15. The van der Waals surface area contributed by atoms with Crippen molar-refractivity contribution in [1.82, 2.24) is 9.78 Å². The van der Waals surface area contributed by atoms with Gasteiger partial charge >= 0.3 is 0 Å². The zero-order valence-corrected chi connectivity index (χ0v) is 10.2. The molecule has 5 nitrogen and oxygen atoms in total. The van der Waals surface area contributed by atoms with Gasteiger partial charge in [0.05, 0.1) is 5.69 Å². The lowest BCUT2D eigenvalue weighted by atomic mass is 10.2. The van der Waals surface area contributed by atoms with Crippen LogP contribution in [0.2, 0.25) is 0 Å². The first-order valence-electron chi connectivity index (χ1n) is 5.47. The van der Waals surface area contributed by atoms with Gasteiger partial charge in [-0.15, -0.1) is 0 Å². The van der Waals surface area contributed by atoms with E-state index in [1.165, 1.54) is 10.7 Å². The fourth-order valence-corrected chi connectivity index (χ4v) is 1.66. The van der Waals surface area contributed by atoms with Crippen molar-refractivity contribution >= 4 is 5.91 Å². The van der Waals surface area contributed by atoms with Gasteiger partial charge in [0.1, 0.15) is 0 Å². The highest BCUT2D eigenvalue weighted by Gasteiger charge is 2.11. The van der Waals surface area contributed by atoms with Crippen LogP contribution in [0, 0.1) is 13.8 Å². The average Bonchev–Trinajstić information content (AvgIpc) is 2.30. The molecular formula is C13H13N3O2. The van der Waals surface area contributed by atoms with E-state index >= 15 is 0 Å². The maximum absolute atomic E-state index is 11.8. The SMILES string of the molecule is Cc1ccc(-n2nc(C(N)=O)c(C)cc2=O)cc1. The number of nitrogens with zero attached hydrogens (tertiary/aromatic N) is 2. The molecule has 0 unspecified atom stereocenters. The van der Waals surface area contributed by atoms with Crippen LogP contribution in [-0.2, 0) is 0 Å². The van der Waals surface area contributed by atoms with Crippen LogP contribution in [-0.4, -0.2) is 15.7 Å². The van der Waals surface area contributed by atoms with Crippen molar-refractivity contribution < 1.29 is 4.79 Å². The molecule has 2 rings (SSSR count). The number of aryl methyl sites for hydroxylation is 2. The van der Waals surface area contributed by atoms with E-state index in [2.05, 4.69) is 5.10 Å². The second kappa shape index (κ2) is 4.44. The summed E-state index contributed by atoms with van der Waals surface area (Å²) in [4.78, 5) is 23.1. The van der Waals surface area contributed by atoms with Crippen LogP contribution in [0.25, 0.3) is 5.69 Å². The van der Waals surface area contributed by atoms with Crippen molar-refractivity contribution in [2.75, 3.05) is 0 Å². The fraction of sp³-hybridized carbons (Fsp3) is 0.154. The number of primary amides is 1. The topological polar surface area (TPSA) is 78.0 Å². The molecule has 1 heterocycles. The highest BCUT2D eigenvalue weighted by Crippen LogP contribution is 2.07. The van der Waals surface area contributed by atoms with Gasteiger partial charge in [-0.2, -0.15) is 9.78 Å². The normalized spacial score (nSPS) is 10.3. The minimum absolute atomic E-state index is 0.107. The van der Waals surface area contributed by atoms with Gasteiger partial charge in [0.2, 0.25) is 0 Å². The maximum atomic E-state index is 11.8. The Morgan fingerprint density at radius 1 is 1.22 bits per heavy atom. The van der Waals surface area contributed by atoms with E-state index < -0.39 is 5.91 Å². The number of hydrogen-bond acceptors (Lipinski definition) is 3. The third-order valence-corrected chi connectivity index (χ3v) is 2.63. The van der Waals surface area contributed by atoms with Crippen molar-refractivity contribution in [2.24, 2.45) is 5.73 Å². The van der Waals surface area contributed by atoms with E-state index in [4.69, 9.17) is 5.73 Å². The Kier molecular flexibility index (Phi) is 2.97. The molecule has 18 heavy (non-hydrogen) atoms. The Hall–Kier alpha value is -2.43. The van der Waals surface area contributed by atoms with Crippen LogP contribution in [0.15, 0.2) is 35.1 Å². The highest BCUT2D eigenvalue weighted by molar-refractivity contribution is 5.91. The first kappa shape index (κ1) is 12.0. The molecule has 0 spiro atoms. The first-order valence-corrected chi connectivity index (χ1v) is 5.47. The van der Waals surface area contributed by atoms with Crippen LogP contribution in [0.1, 0.15) is 21.6 Å². The lowest BCUT2D eigenvalue weighted by molar-refractivity contribution is 0.0993. The summed E-state index contributed by atoms with van der Waals surface area (Å²) in [5.41, 5.74) is 7.20. The lowest BCUT2D eigenvalue weighted by Crippen LogP contribution is -2.26. The second-order valence-corrected chi connectivity index (χ2v) is 4.13. The maximum Gasteiger partial charge on any atom is 0.271 e. The summed E-state index contributed by atoms with van der Waals surface area (Å²) < 4.78 is 1.17. The van der Waals surface area contributed by atoms with Gasteiger partial charge in [0, 0.05) is 6.07 Å². The van der Waals surface area contributed by atoms with Gasteiger partial charge in [0.15, 0.2) is 5.69 Å². The third-order valence-electron chi connectivity index (χ3n) is 2.63. The molecule has 1 aromatic heterocycles. The summed E-state index contributed by atoms with van der Waals surface area (Å²) in [6, 6.07) is 8.63. The quantitative estimate of drug-likeness (QED) is 0.852. The number of amides is 1. The summed E-state index contributed by atoms with van der Waals surface area (Å²) in [6.07, 6.45) is 0. The van der Waals surface area contributed by atoms with Crippen LogP contribution < -0.4 is 11.3 Å². The molecule has 0 fully saturated rings. The molecule has 0 saturated carbocycles. The summed E-state index contributed by atoms with van der Waals surface area (Å²) in [6.45, 7) is 3.58. The van der Waals surface area contributed by atoms with Gasteiger partial charge < -0.3 is 5.73 Å². The molecule has 0 saturated heterocycles. The minimum atomic E-state index is -0.645. The Balaban J connectivity index is 2.64. The van der Waals surface area contributed by atoms with E-state index in [1.807, 2.05) is 19.1 Å². The Labute approximate surface area is 104 Å². The van der Waals surface area contributed by atoms with Crippen molar-refractivity contribution in [3.05, 3.63) is 57.5 Å². The van der Waals surface area contributed by atoms with E-state index in [0.29, 0.717) is 11.3 Å². The number of benzene rings is 1. The smallest absolute Gasteiger partial charge is 0.271 e. The zero-order chi connectivity index (χ0) is 13.3. The number of carbonyl (C=O) groups is 1. The van der Waals surface area contributed by atoms with E-state index in [1.54, 1.807) is 19.1 Å². The van der Waals surface area contributed by atoms with Crippen molar-refractivity contribution in [3.63, 3.8) is 0 Å². The molecule has 0 aliphatic carbocycles. The predicted molar refractivity (Wildman–Crippen MR) is 67.8 cm³/mol. The van der Waals surface area contributed by atoms with Gasteiger partial charge in [-0.25, -0.2) is 0 Å². The molecule has 0 aliphatic rings. The summed E-state index contributed by atoms with van der Waals surface area (Å²) in [5.74, 6) is -0.645. The molecule has 92 valence electrons. The Morgan fingerprint density at radius 3 is 2.39 bits per heavy atom. The van der Waals surface area contributed by atoms with Gasteiger partial charge in [-0.1, -0.05) is 17.7 Å². The van der Waals surface area contributed by atoms with E-state index in [0.717, 1.165) is 5.56 Å². The molecule has 0 radical (unpaired) electrons. The zero-order valence-electron chi connectivity index (χ0n) is 10.2. The molecular weight excluding hydrogens is 230 g/mol. The molecule has 0 atom stereocenters. The number of carbonyl (C=O) groups excluding carboxylic acids is 1. The number of rotatable bonds is 2. The fourth-order valence-electron chi connectivity index (χ4n) is 1.66. The molecule has 0 aliphatic heterocycles. The molecule has 0 bridgehead atoms. The molecule has 5 heteroatoms. The van der Waals surface area contributed by atoms with Gasteiger partial charge in [-0.3, -0.25) is 9.59 Å².